The number of aliphatic hydroxyl groups excluding tert-OH is 1. The molecule has 6 nitrogen and oxygen atoms in total. The molecule has 2 heterocycles. The lowest BCUT2D eigenvalue weighted by Gasteiger charge is -2.21. The van der Waals surface area contributed by atoms with E-state index in [4.69, 9.17) is 0 Å². The summed E-state index contributed by atoms with van der Waals surface area (Å²) in [6.07, 6.45) is -7.25. The molecule has 0 fully saturated rings. The maximum Gasteiger partial charge on any atom is 0.416 e. The maximum absolute atomic E-state index is 13.8. The van der Waals surface area contributed by atoms with Gasteiger partial charge in [-0.2, -0.15) is 26.3 Å². The first-order valence-corrected chi connectivity index (χ1v) is 12.6. The van der Waals surface area contributed by atoms with Gasteiger partial charge in [0.05, 0.1) is 16.5 Å². The Kier molecular flexibility index (Phi) is 8.71. The van der Waals surface area contributed by atoms with E-state index >= 15 is 0 Å². The molecule has 0 unspecified atom stereocenters. The van der Waals surface area contributed by atoms with E-state index < -0.39 is 52.9 Å². The molecular formula is C29H24F7N3O3. The van der Waals surface area contributed by atoms with Crippen LogP contribution in [0.25, 0.3) is 21.9 Å². The molecule has 4 aromatic rings. The fourth-order valence-corrected chi connectivity index (χ4v) is 4.48. The third-order valence-electron chi connectivity index (χ3n) is 6.68. The molecule has 0 bridgehead atoms. The minimum Gasteiger partial charge on any atom is -0.396 e. The summed E-state index contributed by atoms with van der Waals surface area (Å²) in [5.74, 6) is -1.82. The minimum absolute atomic E-state index is 0.0185. The topological polar surface area (TPSA) is 84.2 Å². The van der Waals surface area contributed by atoms with Gasteiger partial charge < -0.3 is 15.0 Å². The van der Waals surface area contributed by atoms with Crippen molar-refractivity contribution in [1.82, 2.24) is 14.9 Å². The third kappa shape index (κ3) is 6.62. The average molecular weight is 596 g/mol. The first-order valence-electron chi connectivity index (χ1n) is 12.6. The van der Waals surface area contributed by atoms with Crippen molar-refractivity contribution in [1.29, 1.82) is 0 Å². The highest BCUT2D eigenvalue weighted by Gasteiger charge is 2.37. The third-order valence-corrected chi connectivity index (χ3v) is 6.68. The zero-order chi connectivity index (χ0) is 30.8. The second-order valence-corrected chi connectivity index (χ2v) is 9.78. The van der Waals surface area contributed by atoms with Crippen LogP contribution in [0.1, 0.15) is 40.5 Å². The zero-order valence-electron chi connectivity index (χ0n) is 22.0. The van der Waals surface area contributed by atoms with E-state index in [0.29, 0.717) is 17.7 Å². The Bertz CT molecular complexity index is 1630. The van der Waals surface area contributed by atoms with Crippen molar-refractivity contribution >= 4 is 16.7 Å². The first-order chi connectivity index (χ1) is 19.7. The number of aromatic nitrogens is 2. The number of amides is 1. The van der Waals surface area contributed by atoms with Crippen molar-refractivity contribution in [3.8, 4) is 11.1 Å². The lowest BCUT2D eigenvalue weighted by molar-refractivity contribution is -0.143. The molecule has 0 saturated heterocycles. The number of benzene rings is 2. The van der Waals surface area contributed by atoms with Crippen LogP contribution in [0.3, 0.4) is 0 Å². The second kappa shape index (κ2) is 11.9. The molecule has 0 saturated carbocycles. The number of rotatable bonds is 8. The van der Waals surface area contributed by atoms with Crippen molar-refractivity contribution in [2.45, 2.75) is 38.8 Å². The van der Waals surface area contributed by atoms with E-state index in [1.807, 2.05) is 0 Å². The molecule has 0 aliphatic rings. The standard InChI is InChI=1S/C29H24F7N3O3/c1-16(15-40)7-9-39-25(24(18-2-4-21(30)5-3-18)22-6-8-37-14-23(22)27(39)42)26(41)38-13-17-10-19(28(31,32)33)12-20(11-17)29(34,35)36/h2-6,8,10-12,14,16,40H,7,9,13,15H2,1H3,(H,38,41)/t16-/m1/s1. The molecule has 2 aromatic heterocycles. The number of halogens is 7. The van der Waals surface area contributed by atoms with Gasteiger partial charge in [0, 0.05) is 43.0 Å². The number of hydrogen-bond acceptors (Lipinski definition) is 4. The van der Waals surface area contributed by atoms with Crippen LogP contribution in [0, 0.1) is 11.7 Å². The van der Waals surface area contributed by atoms with Gasteiger partial charge in [-0.3, -0.25) is 14.6 Å². The SMILES string of the molecule is C[C@@H](CO)CCn1c(C(=O)NCc2cc(C(F)(F)F)cc(C(F)(F)F)c2)c(-c2ccc(F)cc2)c2ccncc2c1=O. The zero-order valence-corrected chi connectivity index (χ0v) is 22.0. The fourth-order valence-electron chi connectivity index (χ4n) is 4.48. The van der Waals surface area contributed by atoms with E-state index in [-0.39, 0.29) is 53.6 Å². The number of nitrogens with zero attached hydrogens (tertiary/aromatic N) is 2. The van der Waals surface area contributed by atoms with E-state index in [2.05, 4.69) is 10.3 Å². The highest BCUT2D eigenvalue weighted by atomic mass is 19.4. The number of carbonyl (C=O) groups excluding carboxylic acids is 1. The quantitative estimate of drug-likeness (QED) is 0.238. The summed E-state index contributed by atoms with van der Waals surface area (Å²) in [4.78, 5) is 31.3. The number of alkyl halides is 6. The highest BCUT2D eigenvalue weighted by Crippen LogP contribution is 2.36. The van der Waals surface area contributed by atoms with E-state index in [1.54, 1.807) is 6.92 Å². The van der Waals surface area contributed by atoms with Crippen LogP contribution in [0.4, 0.5) is 30.7 Å². The van der Waals surface area contributed by atoms with Gasteiger partial charge in [-0.25, -0.2) is 4.39 Å². The molecule has 2 aromatic carbocycles. The van der Waals surface area contributed by atoms with Gasteiger partial charge in [-0.05, 0) is 59.9 Å². The molecule has 1 amide bonds. The Morgan fingerprint density at radius 1 is 0.976 bits per heavy atom. The van der Waals surface area contributed by atoms with Crippen molar-refractivity contribution < 1.29 is 40.6 Å². The Hall–Kier alpha value is -4.26. The summed E-state index contributed by atoms with van der Waals surface area (Å²) in [5.41, 5.74) is -3.91. The summed E-state index contributed by atoms with van der Waals surface area (Å²) < 4.78 is 95.0. The van der Waals surface area contributed by atoms with Crippen molar-refractivity contribution in [3.05, 3.63) is 99.5 Å². The molecule has 222 valence electrons. The molecule has 4 rings (SSSR count). The van der Waals surface area contributed by atoms with Gasteiger partial charge in [0.2, 0.25) is 0 Å². The predicted octanol–water partition coefficient (Wildman–Crippen LogP) is 6.19. The minimum atomic E-state index is -5.08. The highest BCUT2D eigenvalue weighted by molar-refractivity contribution is 6.08. The van der Waals surface area contributed by atoms with Crippen LogP contribution in [0.2, 0.25) is 0 Å². The normalized spacial score (nSPS) is 12.9. The average Bonchev–Trinajstić information content (AvgIpc) is 2.94. The van der Waals surface area contributed by atoms with Gasteiger partial charge >= 0.3 is 12.4 Å². The Morgan fingerprint density at radius 2 is 1.60 bits per heavy atom. The van der Waals surface area contributed by atoms with E-state index in [1.165, 1.54) is 30.6 Å². The molecular weight excluding hydrogens is 571 g/mol. The van der Waals surface area contributed by atoms with E-state index in [9.17, 15) is 45.4 Å². The molecule has 0 aliphatic heterocycles. The van der Waals surface area contributed by atoms with Gasteiger partial charge in [0.25, 0.3) is 11.5 Å². The van der Waals surface area contributed by atoms with Crippen LogP contribution in [0.5, 0.6) is 0 Å². The predicted molar refractivity (Wildman–Crippen MR) is 140 cm³/mol. The van der Waals surface area contributed by atoms with E-state index in [0.717, 1.165) is 16.7 Å². The molecule has 13 heteroatoms. The molecule has 0 radical (unpaired) electrons. The van der Waals surface area contributed by atoms with Crippen LogP contribution in [0.15, 0.2) is 65.7 Å². The van der Waals surface area contributed by atoms with Gasteiger partial charge in [0.15, 0.2) is 0 Å². The Balaban J connectivity index is 1.87. The fraction of sp³-hybridized carbons (Fsp3) is 0.276. The second-order valence-electron chi connectivity index (χ2n) is 9.78. The number of pyridine rings is 2. The smallest absolute Gasteiger partial charge is 0.396 e. The van der Waals surface area contributed by atoms with Crippen LogP contribution in [-0.2, 0) is 25.4 Å². The molecule has 2 N–H and O–H groups in total. The van der Waals surface area contributed by atoms with Crippen LogP contribution in [-0.4, -0.2) is 27.2 Å². The lowest BCUT2D eigenvalue weighted by atomic mass is 9.96. The molecule has 0 spiro atoms. The van der Waals surface area contributed by atoms with Gasteiger partial charge in [-0.15, -0.1) is 0 Å². The number of fused-ring (bicyclic) bond motifs is 1. The van der Waals surface area contributed by atoms with Crippen molar-refractivity contribution in [2.24, 2.45) is 5.92 Å². The Labute approximate surface area is 234 Å². The maximum atomic E-state index is 13.8. The summed E-state index contributed by atoms with van der Waals surface area (Å²) in [6.45, 7) is 0.696. The van der Waals surface area contributed by atoms with Gasteiger partial charge in [0.1, 0.15) is 11.5 Å². The largest absolute Gasteiger partial charge is 0.416 e. The molecule has 42 heavy (non-hydrogen) atoms. The summed E-state index contributed by atoms with van der Waals surface area (Å²) >= 11 is 0. The molecule has 0 aliphatic carbocycles. The number of aliphatic hydroxyl groups is 1. The number of carbonyl (C=O) groups is 1. The van der Waals surface area contributed by atoms with Crippen molar-refractivity contribution in [2.75, 3.05) is 6.61 Å². The van der Waals surface area contributed by atoms with Crippen molar-refractivity contribution in [3.63, 3.8) is 0 Å². The van der Waals surface area contributed by atoms with Crippen LogP contribution >= 0.6 is 0 Å². The lowest BCUT2D eigenvalue weighted by Crippen LogP contribution is -2.34. The first kappa shape index (κ1) is 30.7. The monoisotopic (exact) mass is 595 g/mol. The summed E-state index contributed by atoms with van der Waals surface area (Å²) in [5, 5.41) is 12.2. The summed E-state index contributed by atoms with van der Waals surface area (Å²) in [6, 6.07) is 7.45. The number of nitrogens with one attached hydrogen (secondary N) is 1. The van der Waals surface area contributed by atoms with Crippen LogP contribution < -0.4 is 10.9 Å². The number of hydrogen-bond donors (Lipinski definition) is 2. The molecule has 1 atom stereocenters. The Morgan fingerprint density at radius 3 is 2.17 bits per heavy atom. The van der Waals surface area contributed by atoms with Gasteiger partial charge in [-0.1, -0.05) is 19.1 Å². The summed E-state index contributed by atoms with van der Waals surface area (Å²) in [7, 11) is 0.